The maximum Gasteiger partial charge on any atom is 0.325 e. The third kappa shape index (κ3) is 5.97. The molecule has 0 bridgehead atoms. The van der Waals surface area contributed by atoms with E-state index >= 15 is 0 Å². The van der Waals surface area contributed by atoms with Crippen molar-refractivity contribution >= 4 is 45.9 Å². The summed E-state index contributed by atoms with van der Waals surface area (Å²) in [6, 6.07) is 20.8. The Bertz CT molecular complexity index is 2230. The molecular formula is C36H34N4O6S. The number of hydrogen-bond acceptors (Lipinski definition) is 8. The van der Waals surface area contributed by atoms with E-state index in [9.17, 15) is 19.5 Å². The number of amides is 1. The zero-order chi connectivity index (χ0) is 33.2. The van der Waals surface area contributed by atoms with E-state index in [2.05, 4.69) is 5.32 Å². The predicted octanol–water partition coefficient (Wildman–Crippen LogP) is 4.80. The zero-order valence-electron chi connectivity index (χ0n) is 26.4. The Morgan fingerprint density at radius 3 is 2.51 bits per heavy atom. The van der Waals surface area contributed by atoms with Gasteiger partial charge in [-0.2, -0.15) is 0 Å². The van der Waals surface area contributed by atoms with E-state index < -0.39 is 11.9 Å². The minimum atomic E-state index is -0.858. The smallest absolute Gasteiger partial charge is 0.325 e. The number of para-hydroxylation sites is 2. The highest BCUT2D eigenvalue weighted by Crippen LogP contribution is 2.36. The summed E-state index contributed by atoms with van der Waals surface area (Å²) in [7, 11) is 0. The van der Waals surface area contributed by atoms with Gasteiger partial charge in [-0.15, -0.1) is 0 Å². The lowest BCUT2D eigenvalue weighted by Crippen LogP contribution is -2.40. The molecule has 0 saturated heterocycles. The minimum Gasteiger partial charge on any atom is -0.504 e. The quantitative estimate of drug-likeness (QED) is 0.221. The number of nitrogens with zero attached hydrogens (tertiary/aromatic N) is 3. The summed E-state index contributed by atoms with van der Waals surface area (Å²) in [5, 5.41) is 14.3. The van der Waals surface area contributed by atoms with Gasteiger partial charge >= 0.3 is 5.97 Å². The lowest BCUT2D eigenvalue weighted by Gasteiger charge is -2.26. The summed E-state index contributed by atoms with van der Waals surface area (Å²) in [5.74, 6) is -0.552. The van der Waals surface area contributed by atoms with Gasteiger partial charge in [0.05, 0.1) is 35.1 Å². The molecule has 2 N–H and O–H groups in total. The van der Waals surface area contributed by atoms with E-state index in [1.54, 1.807) is 38.1 Å². The monoisotopic (exact) mass is 650 g/mol. The zero-order valence-corrected chi connectivity index (χ0v) is 27.3. The molecule has 1 aliphatic rings. The molecule has 1 aliphatic heterocycles. The number of rotatable bonds is 9. The second kappa shape index (κ2) is 13.1. The van der Waals surface area contributed by atoms with Crippen molar-refractivity contribution in [2.24, 2.45) is 4.99 Å². The van der Waals surface area contributed by atoms with Gasteiger partial charge in [0, 0.05) is 27.8 Å². The maximum atomic E-state index is 14.4. The fourth-order valence-corrected chi connectivity index (χ4v) is 6.96. The number of aromatic nitrogens is 2. The van der Waals surface area contributed by atoms with Crippen LogP contribution in [0.3, 0.4) is 0 Å². The molecule has 6 rings (SSSR count). The van der Waals surface area contributed by atoms with Crippen LogP contribution in [0.1, 0.15) is 43.6 Å². The van der Waals surface area contributed by atoms with Gasteiger partial charge in [0.25, 0.3) is 11.5 Å². The number of benzene rings is 3. The van der Waals surface area contributed by atoms with Crippen LogP contribution in [0.5, 0.6) is 11.5 Å². The summed E-state index contributed by atoms with van der Waals surface area (Å²) in [6.45, 7) is 7.88. The first-order valence-corrected chi connectivity index (χ1v) is 16.1. The number of esters is 1. The van der Waals surface area contributed by atoms with E-state index in [0.29, 0.717) is 38.5 Å². The van der Waals surface area contributed by atoms with Crippen LogP contribution in [0.15, 0.2) is 93.9 Å². The summed E-state index contributed by atoms with van der Waals surface area (Å²) >= 11 is 1.22. The van der Waals surface area contributed by atoms with Gasteiger partial charge < -0.3 is 24.5 Å². The summed E-state index contributed by atoms with van der Waals surface area (Å²) in [6.07, 6.45) is 1.83. The van der Waals surface area contributed by atoms with Crippen molar-refractivity contribution in [1.29, 1.82) is 0 Å². The highest BCUT2D eigenvalue weighted by atomic mass is 32.1. The van der Waals surface area contributed by atoms with Crippen LogP contribution in [-0.4, -0.2) is 39.3 Å². The molecule has 0 saturated carbocycles. The minimum absolute atomic E-state index is 0.0391. The van der Waals surface area contributed by atoms with Gasteiger partial charge in [0.2, 0.25) is 0 Å². The Balaban J connectivity index is 1.54. The third-order valence-electron chi connectivity index (χ3n) is 8.05. The SMILES string of the molecule is CCOC(=O)Cn1c(C)c(/C=c2\sc3n(c2=O)[C@@H](c2ccc(O)c(OCC)c2)C(C(=O)Nc2ccccc2)=C(C)N=3)c2ccccc21. The van der Waals surface area contributed by atoms with E-state index in [0.717, 1.165) is 22.2 Å². The van der Waals surface area contributed by atoms with Crippen LogP contribution in [0.2, 0.25) is 0 Å². The second-order valence-corrected chi connectivity index (χ2v) is 12.0. The number of hydrogen-bond donors (Lipinski definition) is 2. The molecular weight excluding hydrogens is 616 g/mol. The molecule has 10 nitrogen and oxygen atoms in total. The Kier molecular flexibility index (Phi) is 8.82. The van der Waals surface area contributed by atoms with Gasteiger partial charge in [-0.05, 0) is 69.7 Å². The van der Waals surface area contributed by atoms with Gasteiger partial charge in [-0.1, -0.05) is 53.8 Å². The van der Waals surface area contributed by atoms with Crippen LogP contribution < -0.4 is 24.9 Å². The van der Waals surface area contributed by atoms with Gasteiger partial charge in [-0.25, -0.2) is 4.99 Å². The summed E-state index contributed by atoms with van der Waals surface area (Å²) < 4.78 is 14.7. The fourth-order valence-electron chi connectivity index (χ4n) is 5.93. The van der Waals surface area contributed by atoms with Crippen LogP contribution in [-0.2, 0) is 20.9 Å². The summed E-state index contributed by atoms with van der Waals surface area (Å²) in [5.41, 5.74) is 4.06. The molecule has 0 spiro atoms. The van der Waals surface area contributed by atoms with E-state index in [-0.39, 0.29) is 36.2 Å². The average Bonchev–Trinajstić information content (AvgIpc) is 3.50. The largest absolute Gasteiger partial charge is 0.504 e. The fraction of sp³-hybridized carbons (Fsp3) is 0.222. The lowest BCUT2D eigenvalue weighted by molar-refractivity contribution is -0.143. The molecule has 47 heavy (non-hydrogen) atoms. The van der Waals surface area contributed by atoms with Crippen molar-refractivity contribution in [1.82, 2.24) is 9.13 Å². The Labute approximate surface area is 274 Å². The number of carbonyl (C=O) groups excluding carboxylic acids is 2. The molecule has 0 unspecified atom stereocenters. The molecule has 1 amide bonds. The van der Waals surface area contributed by atoms with Crippen molar-refractivity contribution in [3.63, 3.8) is 0 Å². The van der Waals surface area contributed by atoms with Crippen molar-refractivity contribution in [2.75, 3.05) is 18.5 Å². The van der Waals surface area contributed by atoms with Crippen molar-refractivity contribution in [3.8, 4) is 11.5 Å². The Hall–Kier alpha value is -5.42. The van der Waals surface area contributed by atoms with Crippen molar-refractivity contribution in [3.05, 3.63) is 121 Å². The van der Waals surface area contributed by atoms with Crippen molar-refractivity contribution < 1.29 is 24.2 Å². The van der Waals surface area contributed by atoms with Crippen LogP contribution in [0, 0.1) is 6.92 Å². The molecule has 5 aromatic rings. The molecule has 11 heteroatoms. The molecule has 0 fully saturated rings. The van der Waals surface area contributed by atoms with Gasteiger partial charge in [0.1, 0.15) is 6.54 Å². The topological polar surface area (TPSA) is 124 Å². The van der Waals surface area contributed by atoms with E-state index in [4.69, 9.17) is 14.5 Å². The first-order valence-electron chi connectivity index (χ1n) is 15.3. The second-order valence-electron chi connectivity index (χ2n) is 11.0. The van der Waals surface area contributed by atoms with Gasteiger partial charge in [0.15, 0.2) is 16.3 Å². The first kappa shape index (κ1) is 31.6. The van der Waals surface area contributed by atoms with Crippen LogP contribution in [0.4, 0.5) is 5.69 Å². The highest BCUT2D eigenvalue weighted by molar-refractivity contribution is 7.07. The summed E-state index contributed by atoms with van der Waals surface area (Å²) in [4.78, 5) is 46.0. The van der Waals surface area contributed by atoms with Crippen molar-refractivity contribution in [2.45, 2.75) is 40.3 Å². The lowest BCUT2D eigenvalue weighted by atomic mass is 9.94. The maximum absolute atomic E-state index is 14.4. The normalized spacial score (nSPS) is 14.6. The Morgan fingerprint density at radius 1 is 1.02 bits per heavy atom. The van der Waals surface area contributed by atoms with Crippen LogP contribution in [0.25, 0.3) is 17.0 Å². The molecule has 2 aromatic heterocycles. The first-order chi connectivity index (χ1) is 22.7. The molecule has 0 radical (unpaired) electrons. The number of allylic oxidation sites excluding steroid dienone is 1. The van der Waals surface area contributed by atoms with E-state index in [1.807, 2.05) is 67.0 Å². The Morgan fingerprint density at radius 2 is 1.77 bits per heavy atom. The average molecular weight is 651 g/mol. The molecule has 3 heterocycles. The third-order valence-corrected chi connectivity index (χ3v) is 9.03. The number of ether oxygens (including phenoxy) is 2. The van der Waals surface area contributed by atoms with E-state index in [1.165, 1.54) is 22.0 Å². The highest BCUT2D eigenvalue weighted by Gasteiger charge is 2.33. The number of phenolic OH excluding ortho intramolecular Hbond substituents is 1. The molecule has 3 aromatic carbocycles. The number of aromatic hydroxyl groups is 1. The molecule has 240 valence electrons. The van der Waals surface area contributed by atoms with Crippen LogP contribution >= 0.6 is 11.3 Å². The number of thiazole rings is 1. The predicted molar refractivity (Wildman–Crippen MR) is 181 cm³/mol. The standard InChI is InChI=1S/C36H34N4O6S/c1-5-45-29-18-23(16-17-28(29)41)33-32(34(43)38-24-12-8-7-9-13-24)21(3)37-36-40(33)35(44)30(47-36)19-26-22(4)39(20-31(42)46-6-2)27-15-11-10-14-25(26)27/h7-19,33,41H,5-6,20H2,1-4H3,(H,38,43)/b30-19-/t33-/m0/s1. The number of nitrogens with one attached hydrogen (secondary N) is 1. The number of fused-ring (bicyclic) bond motifs is 2. The number of carbonyl (C=O) groups is 2. The number of phenols is 1. The molecule has 0 aliphatic carbocycles. The molecule has 1 atom stereocenters. The van der Waals surface area contributed by atoms with Gasteiger partial charge in [-0.3, -0.25) is 19.0 Å². The number of anilines is 1.